The Hall–Kier alpha value is -0.430. The molecule has 0 bridgehead atoms. The lowest BCUT2D eigenvalue weighted by Crippen LogP contribution is -2.38. The molecule has 0 radical (unpaired) electrons. The molecule has 4 nitrogen and oxygen atoms in total. The molecule has 0 saturated carbocycles. The van der Waals surface area contributed by atoms with E-state index in [9.17, 15) is 13.5 Å². The van der Waals surface area contributed by atoms with E-state index in [1.165, 1.54) is 0 Å². The Bertz CT molecular complexity index is 544. The first kappa shape index (κ1) is 15.9. The molecular weight excluding hydrogens is 342 g/mol. The van der Waals surface area contributed by atoms with Gasteiger partial charge in [0.1, 0.15) is 0 Å². The van der Waals surface area contributed by atoms with Crippen molar-refractivity contribution in [3.63, 3.8) is 0 Å². The highest BCUT2D eigenvalue weighted by Gasteiger charge is 2.31. The van der Waals surface area contributed by atoms with E-state index in [4.69, 9.17) is 0 Å². The first-order chi connectivity index (χ1) is 9.44. The van der Waals surface area contributed by atoms with E-state index in [1.54, 1.807) is 24.3 Å². The third kappa shape index (κ3) is 3.61. The predicted molar refractivity (Wildman–Crippen MR) is 82.4 cm³/mol. The summed E-state index contributed by atoms with van der Waals surface area (Å²) in [5.74, 6) is 0.521. The summed E-state index contributed by atoms with van der Waals surface area (Å²) in [6, 6.07) is 6.81. The molecule has 1 heterocycles. The average molecular weight is 362 g/mol. The predicted octanol–water partition coefficient (Wildman–Crippen LogP) is 1.93. The Kier molecular flexibility index (Phi) is 5.23. The van der Waals surface area contributed by atoms with Crippen LogP contribution in [0.15, 0.2) is 33.6 Å². The molecule has 0 amide bonds. The second kappa shape index (κ2) is 6.56. The van der Waals surface area contributed by atoms with E-state index in [2.05, 4.69) is 27.8 Å². The van der Waals surface area contributed by atoms with Crippen molar-refractivity contribution < 1.29 is 13.5 Å². The van der Waals surface area contributed by atoms with E-state index < -0.39 is 9.84 Å². The zero-order valence-electron chi connectivity index (χ0n) is 11.5. The quantitative estimate of drug-likeness (QED) is 0.870. The molecule has 0 spiro atoms. The van der Waals surface area contributed by atoms with E-state index in [0.29, 0.717) is 17.4 Å². The molecule has 1 aliphatic rings. The topological polar surface area (TPSA) is 57.6 Å². The summed E-state index contributed by atoms with van der Waals surface area (Å²) < 4.78 is 25.4. The maximum Gasteiger partial charge on any atom is 0.179 e. The summed E-state index contributed by atoms with van der Waals surface area (Å²) in [6.07, 6.45) is 1.02. The van der Waals surface area contributed by atoms with Crippen LogP contribution in [0.3, 0.4) is 0 Å². The molecule has 20 heavy (non-hydrogen) atoms. The summed E-state index contributed by atoms with van der Waals surface area (Å²) in [4.78, 5) is 2.44. The molecule has 1 N–H and O–H groups in total. The molecule has 6 heteroatoms. The van der Waals surface area contributed by atoms with Crippen molar-refractivity contribution in [2.45, 2.75) is 24.3 Å². The van der Waals surface area contributed by atoms with E-state index in [1.807, 2.05) is 0 Å². The number of sulfone groups is 1. The lowest BCUT2D eigenvalue weighted by Gasteiger charge is -2.24. The number of hydrogen-bond donors (Lipinski definition) is 1. The van der Waals surface area contributed by atoms with Gasteiger partial charge in [-0.25, -0.2) is 8.42 Å². The molecule has 0 aromatic heterocycles. The maximum atomic E-state index is 12.3. The number of likely N-dealkylation sites (tertiary alicyclic amines) is 1. The Balaban J connectivity index is 2.01. The van der Waals surface area contributed by atoms with Crippen LogP contribution in [0.2, 0.25) is 0 Å². The van der Waals surface area contributed by atoms with Gasteiger partial charge in [-0.05, 0) is 43.1 Å². The zero-order valence-corrected chi connectivity index (χ0v) is 13.9. The number of halogens is 1. The van der Waals surface area contributed by atoms with E-state index >= 15 is 0 Å². The summed E-state index contributed by atoms with van der Waals surface area (Å²) in [5, 5.41) is 9.39. The largest absolute Gasteiger partial charge is 0.395 e. The van der Waals surface area contributed by atoms with Gasteiger partial charge in [0.25, 0.3) is 0 Å². The molecular formula is C14H20BrNO3S. The van der Waals surface area contributed by atoms with Gasteiger partial charge >= 0.3 is 0 Å². The van der Waals surface area contributed by atoms with Crippen LogP contribution in [0.25, 0.3) is 0 Å². The maximum absolute atomic E-state index is 12.3. The normalized spacial score (nSPS) is 24.1. The molecule has 1 saturated heterocycles. The minimum Gasteiger partial charge on any atom is -0.395 e. The monoisotopic (exact) mass is 361 g/mol. The van der Waals surface area contributed by atoms with Gasteiger partial charge in [0.05, 0.1) is 17.3 Å². The Morgan fingerprint density at radius 2 is 2.00 bits per heavy atom. The van der Waals surface area contributed by atoms with Crippen LogP contribution in [-0.4, -0.2) is 49.9 Å². The van der Waals surface area contributed by atoms with E-state index in [0.717, 1.165) is 17.4 Å². The van der Waals surface area contributed by atoms with Crippen LogP contribution < -0.4 is 0 Å². The number of nitrogens with zero attached hydrogens (tertiary/aromatic N) is 1. The van der Waals surface area contributed by atoms with Gasteiger partial charge in [0, 0.05) is 17.1 Å². The first-order valence-electron chi connectivity index (χ1n) is 6.77. The highest BCUT2D eigenvalue weighted by atomic mass is 79.9. The zero-order chi connectivity index (χ0) is 14.8. The first-order valence-corrected chi connectivity index (χ1v) is 9.22. The summed E-state index contributed by atoms with van der Waals surface area (Å²) in [7, 11) is -3.26. The molecule has 2 atom stereocenters. The standard InChI is InChI=1S/C14H20BrNO3S/c1-11-6-7-16(14(11)10-17)8-9-20(18,19)13-4-2-12(15)3-5-13/h2-5,11,14,17H,6-10H2,1H3. The van der Waals surface area contributed by atoms with Crippen LogP contribution in [0.1, 0.15) is 13.3 Å². The number of rotatable bonds is 5. The smallest absolute Gasteiger partial charge is 0.179 e. The van der Waals surface area contributed by atoms with Gasteiger partial charge in [-0.3, -0.25) is 4.90 Å². The fraction of sp³-hybridized carbons (Fsp3) is 0.571. The number of aliphatic hydroxyl groups is 1. The Morgan fingerprint density at radius 1 is 1.35 bits per heavy atom. The fourth-order valence-electron chi connectivity index (χ4n) is 2.66. The van der Waals surface area contributed by atoms with Crippen molar-refractivity contribution >= 4 is 25.8 Å². The van der Waals surface area contributed by atoms with Crippen LogP contribution in [0.5, 0.6) is 0 Å². The van der Waals surface area contributed by atoms with Gasteiger partial charge < -0.3 is 5.11 Å². The average Bonchev–Trinajstić information content (AvgIpc) is 2.77. The van der Waals surface area contributed by atoms with Gasteiger partial charge in [0.2, 0.25) is 0 Å². The molecule has 0 aliphatic carbocycles. The molecule has 2 rings (SSSR count). The highest BCUT2D eigenvalue weighted by Crippen LogP contribution is 2.24. The third-order valence-corrected chi connectivity index (χ3v) is 6.24. The molecule has 1 aromatic rings. The second-order valence-corrected chi connectivity index (χ2v) is 8.35. The number of hydrogen-bond acceptors (Lipinski definition) is 4. The number of benzene rings is 1. The van der Waals surface area contributed by atoms with E-state index in [-0.39, 0.29) is 18.4 Å². The van der Waals surface area contributed by atoms with Crippen molar-refractivity contribution in [3.05, 3.63) is 28.7 Å². The van der Waals surface area contributed by atoms with Gasteiger partial charge in [-0.1, -0.05) is 22.9 Å². The summed E-state index contributed by atoms with van der Waals surface area (Å²) in [6.45, 7) is 3.54. The number of aliphatic hydroxyl groups excluding tert-OH is 1. The lowest BCUT2D eigenvalue weighted by atomic mass is 10.0. The lowest BCUT2D eigenvalue weighted by molar-refractivity contribution is 0.144. The van der Waals surface area contributed by atoms with Crippen molar-refractivity contribution in [1.29, 1.82) is 0 Å². The molecule has 2 unspecified atom stereocenters. The fourth-order valence-corrected chi connectivity index (χ4v) is 4.18. The highest BCUT2D eigenvalue weighted by molar-refractivity contribution is 9.10. The SMILES string of the molecule is CC1CCN(CCS(=O)(=O)c2ccc(Br)cc2)C1CO. The van der Waals surface area contributed by atoms with Crippen LogP contribution in [0, 0.1) is 5.92 Å². The molecule has 1 aromatic carbocycles. The molecule has 112 valence electrons. The minimum atomic E-state index is -3.26. The van der Waals surface area contributed by atoms with Crippen molar-refractivity contribution in [1.82, 2.24) is 4.90 Å². The third-order valence-electron chi connectivity index (χ3n) is 4.00. The van der Waals surface area contributed by atoms with Gasteiger partial charge in [0.15, 0.2) is 9.84 Å². The minimum absolute atomic E-state index is 0.0927. The van der Waals surface area contributed by atoms with Crippen LogP contribution in [-0.2, 0) is 9.84 Å². The van der Waals surface area contributed by atoms with Crippen molar-refractivity contribution in [2.24, 2.45) is 5.92 Å². The van der Waals surface area contributed by atoms with Crippen LogP contribution in [0.4, 0.5) is 0 Å². The summed E-state index contributed by atoms with van der Waals surface area (Å²) in [5.41, 5.74) is 0. The Morgan fingerprint density at radius 3 is 2.60 bits per heavy atom. The molecule has 1 fully saturated rings. The Labute approximate surface area is 128 Å². The summed E-state index contributed by atoms with van der Waals surface area (Å²) >= 11 is 3.30. The van der Waals surface area contributed by atoms with Crippen LogP contribution >= 0.6 is 15.9 Å². The molecule has 1 aliphatic heterocycles. The van der Waals surface area contributed by atoms with Gasteiger partial charge in [-0.2, -0.15) is 0 Å². The van der Waals surface area contributed by atoms with Crippen molar-refractivity contribution in [2.75, 3.05) is 25.4 Å². The van der Waals surface area contributed by atoms with Crippen molar-refractivity contribution in [3.8, 4) is 0 Å². The van der Waals surface area contributed by atoms with Gasteiger partial charge in [-0.15, -0.1) is 0 Å². The second-order valence-electron chi connectivity index (χ2n) is 5.32.